The molecule has 204 valence electrons. The quantitative estimate of drug-likeness (QED) is 0.292. The number of carboxylic acids is 1. The monoisotopic (exact) mass is 546 g/mol. The average molecular weight is 547 g/mol. The zero-order valence-corrected chi connectivity index (χ0v) is 21.4. The highest BCUT2D eigenvalue weighted by Gasteiger charge is 2.50. The maximum absolute atomic E-state index is 14.1. The Hall–Kier alpha value is -4.05. The summed E-state index contributed by atoms with van der Waals surface area (Å²) >= 11 is 0. The van der Waals surface area contributed by atoms with E-state index < -0.39 is 17.7 Å². The van der Waals surface area contributed by atoms with Gasteiger partial charge in [0.1, 0.15) is 11.5 Å². The van der Waals surface area contributed by atoms with Gasteiger partial charge >= 0.3 is 12.1 Å². The number of benzene rings is 2. The molecule has 4 aromatic rings. The highest BCUT2D eigenvalue weighted by Crippen LogP contribution is 2.62. The van der Waals surface area contributed by atoms with Gasteiger partial charge in [0.2, 0.25) is 0 Å². The van der Waals surface area contributed by atoms with E-state index in [1.807, 2.05) is 0 Å². The average Bonchev–Trinajstić information content (AvgIpc) is 3.70. The first-order valence-corrected chi connectivity index (χ1v) is 13.4. The van der Waals surface area contributed by atoms with Gasteiger partial charge in [-0.15, -0.1) is 0 Å². The Labute approximate surface area is 227 Å². The van der Waals surface area contributed by atoms with Crippen LogP contribution in [0, 0.1) is 5.41 Å². The van der Waals surface area contributed by atoms with E-state index in [9.17, 15) is 23.1 Å². The Morgan fingerprint density at radius 2 is 1.85 bits per heavy atom. The molecule has 10 heteroatoms. The van der Waals surface area contributed by atoms with E-state index in [1.165, 1.54) is 24.3 Å². The number of fused-ring (bicyclic) bond motifs is 1. The minimum atomic E-state index is -4.54. The van der Waals surface area contributed by atoms with Crippen LogP contribution in [0.25, 0.3) is 33.4 Å². The van der Waals surface area contributed by atoms with Crippen LogP contribution in [0.3, 0.4) is 0 Å². The summed E-state index contributed by atoms with van der Waals surface area (Å²) < 4.78 is 48.0. The van der Waals surface area contributed by atoms with E-state index >= 15 is 0 Å². The number of carbonyl (C=O) groups is 1. The number of hydrogen-bond donors (Lipinski definition) is 2. The molecule has 3 aliphatic rings. The van der Waals surface area contributed by atoms with Gasteiger partial charge in [0, 0.05) is 22.5 Å². The van der Waals surface area contributed by atoms with Crippen LogP contribution in [0.4, 0.5) is 13.2 Å². The first kappa shape index (κ1) is 25.0. The number of aromatic nitrogens is 3. The van der Waals surface area contributed by atoms with Gasteiger partial charge < -0.3 is 14.9 Å². The predicted octanol–water partition coefficient (Wildman–Crippen LogP) is 6.56. The Kier molecular flexibility index (Phi) is 5.61. The van der Waals surface area contributed by atoms with Crippen molar-refractivity contribution in [1.82, 2.24) is 20.4 Å². The van der Waals surface area contributed by atoms with E-state index in [0.29, 0.717) is 34.5 Å². The number of aromatic carboxylic acids is 1. The smallest absolute Gasteiger partial charge is 0.417 e. The van der Waals surface area contributed by atoms with Crippen molar-refractivity contribution in [2.24, 2.45) is 5.41 Å². The molecule has 2 aromatic carbocycles. The fourth-order valence-corrected chi connectivity index (χ4v) is 6.30. The Balaban J connectivity index is 1.45. The van der Waals surface area contributed by atoms with E-state index in [0.717, 1.165) is 56.0 Å². The molecule has 2 aliphatic carbocycles. The zero-order valence-electron chi connectivity index (χ0n) is 21.4. The zero-order chi connectivity index (χ0) is 27.6. The Morgan fingerprint density at radius 3 is 2.58 bits per heavy atom. The molecule has 0 unspecified atom stereocenters. The molecule has 7 rings (SSSR count). The molecule has 2 N–H and O–H groups in total. The number of allylic oxidation sites excluding steroid dienone is 2. The van der Waals surface area contributed by atoms with Gasteiger partial charge in [-0.25, -0.2) is 9.78 Å². The molecule has 0 atom stereocenters. The molecule has 0 bridgehead atoms. The summed E-state index contributed by atoms with van der Waals surface area (Å²) in [6.45, 7) is 1.64. The second-order valence-corrected chi connectivity index (χ2v) is 10.9. The predicted molar refractivity (Wildman–Crippen MR) is 141 cm³/mol. The first-order chi connectivity index (χ1) is 19.2. The molecule has 1 spiro atoms. The van der Waals surface area contributed by atoms with Crippen molar-refractivity contribution in [3.05, 3.63) is 76.8 Å². The van der Waals surface area contributed by atoms with Gasteiger partial charge in [0.05, 0.1) is 34.1 Å². The lowest BCUT2D eigenvalue weighted by Gasteiger charge is -2.49. The van der Waals surface area contributed by atoms with Crippen molar-refractivity contribution in [3.8, 4) is 11.3 Å². The van der Waals surface area contributed by atoms with Crippen LogP contribution in [0.5, 0.6) is 0 Å². The molecule has 7 nitrogen and oxygen atoms in total. The van der Waals surface area contributed by atoms with Gasteiger partial charge in [-0.05, 0) is 80.6 Å². The third kappa shape index (κ3) is 4.00. The van der Waals surface area contributed by atoms with Gasteiger partial charge in [0.25, 0.3) is 0 Å². The molecule has 2 fully saturated rings. The molecule has 2 aromatic heterocycles. The maximum atomic E-state index is 14.1. The minimum absolute atomic E-state index is 0.00422. The summed E-state index contributed by atoms with van der Waals surface area (Å²) in [6, 6.07) is 10.1. The first-order valence-electron chi connectivity index (χ1n) is 13.4. The minimum Gasteiger partial charge on any atom is -0.478 e. The number of halogens is 3. The number of alkyl halides is 3. The van der Waals surface area contributed by atoms with Crippen LogP contribution in [0.1, 0.15) is 71.0 Å². The third-order valence-electron chi connectivity index (χ3n) is 8.41. The van der Waals surface area contributed by atoms with Crippen molar-refractivity contribution in [2.45, 2.75) is 44.2 Å². The lowest BCUT2D eigenvalue weighted by Crippen LogP contribution is -2.42. The summed E-state index contributed by atoms with van der Waals surface area (Å²) in [5.41, 5.74) is 3.61. The fourth-order valence-electron chi connectivity index (χ4n) is 6.30. The van der Waals surface area contributed by atoms with Crippen LogP contribution >= 0.6 is 0 Å². The Morgan fingerprint density at radius 1 is 1.07 bits per heavy atom. The molecule has 1 saturated carbocycles. The van der Waals surface area contributed by atoms with E-state index in [-0.39, 0.29) is 28.2 Å². The van der Waals surface area contributed by atoms with Crippen molar-refractivity contribution in [2.75, 3.05) is 13.1 Å². The SMILES string of the molecule is O=C(O)c1ccc2nc(C3=C(c4c(-c5ccccc5C(F)(F)F)noc4C4CC4)CC34CCNCC4)cnc2c1. The largest absolute Gasteiger partial charge is 0.478 e. The lowest BCUT2D eigenvalue weighted by atomic mass is 9.56. The number of nitrogens with zero attached hydrogens (tertiary/aromatic N) is 3. The summed E-state index contributed by atoms with van der Waals surface area (Å²) in [5.74, 6) is -0.273. The normalized spacial score (nSPS) is 18.8. The number of nitrogens with one attached hydrogen (secondary N) is 1. The van der Waals surface area contributed by atoms with Crippen LogP contribution < -0.4 is 5.32 Å². The second-order valence-electron chi connectivity index (χ2n) is 10.9. The number of piperidine rings is 1. The number of rotatable bonds is 5. The number of carboxylic acid groups (broad SMARTS) is 1. The topological polar surface area (TPSA) is 101 Å². The summed E-state index contributed by atoms with van der Waals surface area (Å²) in [7, 11) is 0. The molecule has 1 saturated heterocycles. The molecule has 0 radical (unpaired) electrons. The lowest BCUT2D eigenvalue weighted by molar-refractivity contribution is -0.137. The summed E-state index contributed by atoms with van der Waals surface area (Å²) in [5, 5.41) is 17.0. The standard InChI is InChI=1S/C30H25F3N4O3/c31-30(32,33)20-4-2-1-3-18(20)26-24(27(40-37-26)16-5-6-16)19-14-29(9-11-34-12-10-29)25(19)23-15-35-22-13-17(28(38)39)7-8-21(22)36-23/h1-4,7-8,13,15-16,34H,5-6,9-12,14H2,(H,38,39). The van der Waals surface area contributed by atoms with E-state index in [4.69, 9.17) is 9.51 Å². The van der Waals surface area contributed by atoms with Crippen LogP contribution in [0.2, 0.25) is 0 Å². The van der Waals surface area contributed by atoms with Crippen LogP contribution in [-0.4, -0.2) is 39.3 Å². The van der Waals surface area contributed by atoms with Crippen molar-refractivity contribution < 1.29 is 27.6 Å². The number of hydrogen-bond acceptors (Lipinski definition) is 6. The molecular formula is C30H25F3N4O3. The summed E-state index contributed by atoms with van der Waals surface area (Å²) in [6.07, 6.45) is 1.33. The van der Waals surface area contributed by atoms with Crippen LogP contribution in [0.15, 0.2) is 53.2 Å². The van der Waals surface area contributed by atoms with E-state index in [2.05, 4.69) is 15.5 Å². The second kappa shape index (κ2) is 8.99. The maximum Gasteiger partial charge on any atom is 0.417 e. The van der Waals surface area contributed by atoms with Gasteiger partial charge in [-0.3, -0.25) is 4.98 Å². The van der Waals surface area contributed by atoms with Crippen LogP contribution in [-0.2, 0) is 6.18 Å². The van der Waals surface area contributed by atoms with E-state index in [1.54, 1.807) is 18.3 Å². The Bertz CT molecular complexity index is 1700. The third-order valence-corrected chi connectivity index (χ3v) is 8.41. The molecule has 0 amide bonds. The van der Waals surface area contributed by atoms with Gasteiger partial charge in [-0.1, -0.05) is 23.4 Å². The molecule has 3 heterocycles. The van der Waals surface area contributed by atoms with Crippen molar-refractivity contribution in [3.63, 3.8) is 0 Å². The highest BCUT2D eigenvalue weighted by molar-refractivity contribution is 6.03. The summed E-state index contributed by atoms with van der Waals surface area (Å²) in [4.78, 5) is 20.9. The van der Waals surface area contributed by atoms with Gasteiger partial charge in [-0.2, -0.15) is 13.2 Å². The fraction of sp³-hybridized carbons (Fsp3) is 0.333. The highest BCUT2D eigenvalue weighted by atomic mass is 19.4. The van der Waals surface area contributed by atoms with Crippen molar-refractivity contribution >= 4 is 28.1 Å². The van der Waals surface area contributed by atoms with Crippen molar-refractivity contribution in [1.29, 1.82) is 0 Å². The van der Waals surface area contributed by atoms with Gasteiger partial charge in [0.15, 0.2) is 0 Å². The molecular weight excluding hydrogens is 521 g/mol. The molecule has 40 heavy (non-hydrogen) atoms. The molecule has 1 aliphatic heterocycles.